The van der Waals surface area contributed by atoms with E-state index < -0.39 is 11.9 Å². The quantitative estimate of drug-likeness (QED) is 0.496. The van der Waals surface area contributed by atoms with Crippen molar-refractivity contribution in [2.24, 2.45) is 7.05 Å². The van der Waals surface area contributed by atoms with Crippen molar-refractivity contribution in [2.45, 2.75) is 13.8 Å². The number of carbonyl (C=O) groups is 1. The maximum atomic E-state index is 15.1. The normalized spacial score (nSPS) is 11.2. The van der Waals surface area contributed by atoms with Crippen LogP contribution in [0, 0.1) is 19.8 Å². The number of nitrogens with zero attached hydrogens (tertiary/aromatic N) is 3. The van der Waals surface area contributed by atoms with Crippen LogP contribution in [0.5, 0.6) is 0 Å². The van der Waals surface area contributed by atoms with Crippen molar-refractivity contribution in [2.75, 3.05) is 7.11 Å². The van der Waals surface area contributed by atoms with Gasteiger partial charge in [0.15, 0.2) is 5.69 Å². The number of hydrogen-bond donors (Lipinski definition) is 0. The SMILES string of the molecule is COC(=O)c1nc(C)cn2c(F)c(-c3ccc(-c4c(C)on(C)c4=O)cc3)cc12. The van der Waals surface area contributed by atoms with Gasteiger partial charge in [0.2, 0.25) is 5.95 Å². The van der Waals surface area contributed by atoms with Gasteiger partial charge in [0.05, 0.1) is 23.9 Å². The van der Waals surface area contributed by atoms with Crippen LogP contribution in [0.25, 0.3) is 27.8 Å². The maximum Gasteiger partial charge on any atom is 0.358 e. The second-order valence-corrected chi connectivity index (χ2v) is 6.73. The topological polar surface area (TPSA) is 78.7 Å². The Labute approximate surface area is 164 Å². The summed E-state index contributed by atoms with van der Waals surface area (Å²) >= 11 is 0. The highest BCUT2D eigenvalue weighted by atomic mass is 19.1. The van der Waals surface area contributed by atoms with Gasteiger partial charge >= 0.3 is 5.97 Å². The van der Waals surface area contributed by atoms with E-state index in [1.165, 1.54) is 22.4 Å². The molecule has 0 bridgehead atoms. The molecule has 8 heteroatoms. The lowest BCUT2D eigenvalue weighted by molar-refractivity contribution is 0.0595. The minimum Gasteiger partial charge on any atom is -0.464 e. The number of hydrogen-bond acceptors (Lipinski definition) is 5. The van der Waals surface area contributed by atoms with Gasteiger partial charge in [-0.15, -0.1) is 0 Å². The Kier molecular flexibility index (Phi) is 4.34. The number of benzene rings is 1. The van der Waals surface area contributed by atoms with E-state index in [9.17, 15) is 9.59 Å². The van der Waals surface area contributed by atoms with Crippen LogP contribution in [0.3, 0.4) is 0 Å². The minimum absolute atomic E-state index is 0.0480. The van der Waals surface area contributed by atoms with Crippen LogP contribution in [0.15, 0.2) is 45.8 Å². The molecule has 0 radical (unpaired) electrons. The van der Waals surface area contributed by atoms with Crippen molar-refractivity contribution in [3.05, 3.63) is 70.0 Å². The summed E-state index contributed by atoms with van der Waals surface area (Å²) in [5.74, 6) is -0.640. The van der Waals surface area contributed by atoms with Gasteiger partial charge in [-0.25, -0.2) is 9.78 Å². The molecule has 0 aliphatic carbocycles. The minimum atomic E-state index is -0.635. The number of carbonyl (C=O) groups excluding carboxylic acids is 1. The average Bonchev–Trinajstić information content (AvgIpc) is 3.16. The molecule has 0 atom stereocenters. The lowest BCUT2D eigenvalue weighted by Crippen LogP contribution is -2.11. The Morgan fingerprint density at radius 1 is 1.17 bits per heavy atom. The van der Waals surface area contributed by atoms with E-state index in [0.29, 0.717) is 39.2 Å². The maximum absolute atomic E-state index is 15.1. The van der Waals surface area contributed by atoms with Crippen LogP contribution < -0.4 is 5.56 Å². The first-order chi connectivity index (χ1) is 13.8. The molecule has 0 aliphatic rings. The first-order valence-corrected chi connectivity index (χ1v) is 8.86. The van der Waals surface area contributed by atoms with Crippen LogP contribution in [0.4, 0.5) is 4.39 Å². The molecule has 0 saturated heterocycles. The van der Waals surface area contributed by atoms with Crippen molar-refractivity contribution >= 4 is 11.5 Å². The number of ether oxygens (including phenoxy) is 1. The van der Waals surface area contributed by atoms with Gasteiger partial charge in [0.1, 0.15) is 5.76 Å². The highest BCUT2D eigenvalue weighted by Gasteiger charge is 2.20. The van der Waals surface area contributed by atoms with Crippen molar-refractivity contribution in [1.29, 1.82) is 0 Å². The molecule has 3 aromatic heterocycles. The molecule has 0 amide bonds. The zero-order valence-corrected chi connectivity index (χ0v) is 16.3. The Morgan fingerprint density at radius 3 is 2.41 bits per heavy atom. The largest absolute Gasteiger partial charge is 0.464 e. The fourth-order valence-electron chi connectivity index (χ4n) is 3.45. The summed E-state index contributed by atoms with van der Waals surface area (Å²) in [7, 11) is 2.80. The van der Waals surface area contributed by atoms with Gasteiger partial charge in [0.25, 0.3) is 5.56 Å². The van der Waals surface area contributed by atoms with Gasteiger partial charge in [-0.2, -0.15) is 9.13 Å². The molecule has 0 N–H and O–H groups in total. The Hall–Kier alpha value is -3.68. The van der Waals surface area contributed by atoms with Gasteiger partial charge < -0.3 is 9.26 Å². The van der Waals surface area contributed by atoms with Crippen LogP contribution in [0.1, 0.15) is 21.9 Å². The van der Waals surface area contributed by atoms with E-state index in [4.69, 9.17) is 9.26 Å². The molecular formula is C21H18FN3O4. The van der Waals surface area contributed by atoms with Crippen LogP contribution in [-0.2, 0) is 11.8 Å². The zero-order chi connectivity index (χ0) is 20.9. The van der Waals surface area contributed by atoms with Crippen LogP contribution in [-0.4, -0.2) is 27.2 Å². The molecule has 0 unspecified atom stereocenters. The number of halogens is 1. The number of methoxy groups -OCH3 is 1. The van der Waals surface area contributed by atoms with E-state index in [1.54, 1.807) is 51.2 Å². The Bertz CT molecular complexity index is 1310. The molecule has 7 nitrogen and oxygen atoms in total. The molecule has 0 aliphatic heterocycles. The van der Waals surface area contributed by atoms with Gasteiger partial charge in [0, 0.05) is 18.8 Å². The smallest absolute Gasteiger partial charge is 0.358 e. The van der Waals surface area contributed by atoms with Crippen molar-refractivity contribution < 1.29 is 18.4 Å². The molecule has 1 aromatic carbocycles. The average molecular weight is 395 g/mol. The Morgan fingerprint density at radius 2 is 1.83 bits per heavy atom. The molecule has 4 aromatic rings. The summed E-state index contributed by atoms with van der Waals surface area (Å²) in [6.07, 6.45) is 1.52. The summed E-state index contributed by atoms with van der Waals surface area (Å²) in [6.45, 7) is 3.39. The fourth-order valence-corrected chi connectivity index (χ4v) is 3.45. The third-order valence-electron chi connectivity index (χ3n) is 4.81. The Balaban J connectivity index is 1.84. The number of esters is 1. The number of aromatic nitrogens is 3. The number of fused-ring (bicyclic) bond motifs is 1. The third-order valence-corrected chi connectivity index (χ3v) is 4.81. The fraction of sp³-hybridized carbons (Fsp3) is 0.190. The van der Waals surface area contributed by atoms with Gasteiger partial charge in [-0.3, -0.25) is 9.20 Å². The molecule has 0 spiro atoms. The standard InChI is InChI=1S/C21H18FN3O4/c1-11-10-25-16(18(23-11)21(27)28-4)9-15(19(25)22)13-5-7-14(8-6-13)17-12(2)29-24(3)20(17)26/h5-10H,1-4H3. The highest BCUT2D eigenvalue weighted by molar-refractivity contribution is 5.96. The second kappa shape index (κ2) is 6.73. The summed E-state index contributed by atoms with van der Waals surface area (Å²) in [4.78, 5) is 28.5. The van der Waals surface area contributed by atoms with E-state index in [2.05, 4.69) is 4.98 Å². The van der Waals surface area contributed by atoms with Crippen molar-refractivity contribution in [1.82, 2.24) is 14.1 Å². The van der Waals surface area contributed by atoms with Gasteiger partial charge in [-0.1, -0.05) is 24.3 Å². The summed E-state index contributed by atoms with van der Waals surface area (Å²) < 4.78 is 27.7. The molecule has 3 heterocycles. The summed E-state index contributed by atoms with van der Waals surface area (Å²) in [5, 5.41) is 0. The van der Waals surface area contributed by atoms with E-state index >= 15 is 4.39 Å². The van der Waals surface area contributed by atoms with Gasteiger partial charge in [-0.05, 0) is 31.0 Å². The van der Waals surface area contributed by atoms with E-state index in [1.807, 2.05) is 0 Å². The third kappa shape index (κ3) is 2.93. The predicted octanol–water partition coefficient (Wildman–Crippen LogP) is 3.50. The van der Waals surface area contributed by atoms with Crippen molar-refractivity contribution in [3.63, 3.8) is 0 Å². The first-order valence-electron chi connectivity index (χ1n) is 8.86. The highest BCUT2D eigenvalue weighted by Crippen LogP contribution is 2.30. The molecule has 0 saturated carbocycles. The van der Waals surface area contributed by atoms with Crippen LogP contribution in [0.2, 0.25) is 0 Å². The molecular weight excluding hydrogens is 377 g/mol. The molecule has 148 valence electrons. The van der Waals surface area contributed by atoms with E-state index in [0.717, 1.165) is 0 Å². The lowest BCUT2D eigenvalue weighted by Gasteiger charge is -2.04. The monoisotopic (exact) mass is 395 g/mol. The second-order valence-electron chi connectivity index (χ2n) is 6.73. The number of rotatable bonds is 3. The molecule has 4 rings (SSSR count). The molecule has 29 heavy (non-hydrogen) atoms. The number of aryl methyl sites for hydroxylation is 3. The summed E-state index contributed by atoms with van der Waals surface area (Å²) in [6, 6.07) is 8.47. The molecule has 0 fully saturated rings. The van der Waals surface area contributed by atoms with Crippen molar-refractivity contribution in [3.8, 4) is 22.3 Å². The first kappa shape index (κ1) is 18.7. The predicted molar refractivity (Wildman–Crippen MR) is 104 cm³/mol. The zero-order valence-electron chi connectivity index (χ0n) is 16.3. The summed E-state index contributed by atoms with van der Waals surface area (Å²) in [5.41, 5.74) is 2.67. The van der Waals surface area contributed by atoms with Crippen LogP contribution >= 0.6 is 0 Å². The van der Waals surface area contributed by atoms with E-state index in [-0.39, 0.29) is 11.3 Å². The lowest BCUT2D eigenvalue weighted by atomic mass is 10.0.